The van der Waals surface area contributed by atoms with Crippen LogP contribution >= 0.6 is 0 Å². The zero-order chi connectivity index (χ0) is 19.0. The van der Waals surface area contributed by atoms with E-state index in [1.54, 1.807) is 0 Å². The van der Waals surface area contributed by atoms with Crippen molar-refractivity contribution in [1.29, 1.82) is 0 Å². The molecule has 2 fully saturated rings. The van der Waals surface area contributed by atoms with Crippen molar-refractivity contribution in [1.82, 2.24) is 10.2 Å². The first kappa shape index (κ1) is 18.5. The Morgan fingerprint density at radius 1 is 1.19 bits per heavy atom. The van der Waals surface area contributed by atoms with E-state index in [1.165, 1.54) is 12.8 Å². The first-order valence-electron chi connectivity index (χ1n) is 10.8. The second-order valence-electron chi connectivity index (χ2n) is 8.75. The minimum absolute atomic E-state index is 0.117. The molecule has 4 heteroatoms. The lowest BCUT2D eigenvalue weighted by Gasteiger charge is -2.52. The van der Waals surface area contributed by atoms with E-state index in [2.05, 4.69) is 24.1 Å². The summed E-state index contributed by atoms with van der Waals surface area (Å²) in [5, 5.41) is 3.36. The van der Waals surface area contributed by atoms with Gasteiger partial charge < -0.3 is 10.2 Å². The second kappa shape index (κ2) is 7.29. The highest BCUT2D eigenvalue weighted by atomic mass is 16.2. The van der Waals surface area contributed by atoms with Gasteiger partial charge in [0.1, 0.15) is 0 Å². The van der Waals surface area contributed by atoms with E-state index >= 15 is 0 Å². The molecule has 0 radical (unpaired) electrons. The Kier molecular flexibility index (Phi) is 5.00. The van der Waals surface area contributed by atoms with E-state index in [-0.39, 0.29) is 29.3 Å². The molecule has 1 N–H and O–H groups in total. The van der Waals surface area contributed by atoms with Gasteiger partial charge >= 0.3 is 0 Å². The number of amides is 2. The minimum atomic E-state index is -0.358. The number of carbonyl (C=O) groups is 2. The Morgan fingerprint density at radius 3 is 2.52 bits per heavy atom. The molecule has 2 amide bonds. The number of carbonyl (C=O) groups excluding carboxylic acids is 2. The van der Waals surface area contributed by atoms with Crippen LogP contribution in [0.4, 0.5) is 0 Å². The number of hydrogen-bond donors (Lipinski definition) is 1. The first-order valence-corrected chi connectivity index (χ1v) is 10.8. The van der Waals surface area contributed by atoms with Crippen molar-refractivity contribution in [3.05, 3.63) is 35.4 Å². The lowest BCUT2D eigenvalue weighted by atomic mass is 9.70. The highest BCUT2D eigenvalue weighted by Gasteiger charge is 2.56. The first-order chi connectivity index (χ1) is 13.1. The van der Waals surface area contributed by atoms with Crippen LogP contribution in [0.1, 0.15) is 93.5 Å². The molecule has 0 saturated heterocycles. The van der Waals surface area contributed by atoms with Crippen molar-refractivity contribution in [3.63, 3.8) is 0 Å². The molecule has 2 unspecified atom stereocenters. The number of benzene rings is 1. The quantitative estimate of drug-likeness (QED) is 0.856. The highest BCUT2D eigenvalue weighted by Crippen LogP contribution is 2.51. The molecule has 2 atom stereocenters. The van der Waals surface area contributed by atoms with Gasteiger partial charge in [-0.3, -0.25) is 9.59 Å². The standard InChI is InChI=1S/C23H32N2O2/c1-3-16(2)25-22(27)19-13-7-6-12-18(19)20(23(25)14-8-9-15-23)21(26)24-17-10-4-5-11-17/h6-7,12-13,16-17,20H,3-5,8-11,14-15H2,1-2H3,(H,24,26). The maximum atomic E-state index is 13.6. The third kappa shape index (κ3) is 2.97. The Bertz CT molecular complexity index is 717. The van der Waals surface area contributed by atoms with Crippen molar-refractivity contribution in [3.8, 4) is 0 Å². The molecule has 2 aliphatic carbocycles. The maximum Gasteiger partial charge on any atom is 0.254 e. The molecule has 1 aromatic rings. The van der Waals surface area contributed by atoms with E-state index in [4.69, 9.17) is 0 Å². The minimum Gasteiger partial charge on any atom is -0.353 e. The van der Waals surface area contributed by atoms with Crippen molar-refractivity contribution >= 4 is 11.8 Å². The average molecular weight is 369 g/mol. The second-order valence-corrected chi connectivity index (χ2v) is 8.75. The summed E-state index contributed by atoms with van der Waals surface area (Å²) in [7, 11) is 0. The van der Waals surface area contributed by atoms with E-state index < -0.39 is 0 Å². The molecular weight excluding hydrogens is 336 g/mol. The van der Waals surface area contributed by atoms with Gasteiger partial charge in [-0.05, 0) is 50.7 Å². The number of nitrogens with zero attached hydrogens (tertiary/aromatic N) is 1. The number of rotatable bonds is 4. The van der Waals surface area contributed by atoms with Crippen LogP contribution in [0.5, 0.6) is 0 Å². The van der Waals surface area contributed by atoms with Gasteiger partial charge in [0.2, 0.25) is 5.91 Å². The molecular formula is C23H32N2O2. The predicted octanol–water partition coefficient (Wildman–Crippen LogP) is 4.40. The lowest BCUT2D eigenvalue weighted by Crippen LogP contribution is -2.63. The van der Waals surface area contributed by atoms with Crippen LogP contribution < -0.4 is 5.32 Å². The molecule has 1 aromatic carbocycles. The lowest BCUT2D eigenvalue weighted by molar-refractivity contribution is -0.127. The Morgan fingerprint density at radius 2 is 1.85 bits per heavy atom. The summed E-state index contributed by atoms with van der Waals surface area (Å²) in [6.45, 7) is 4.27. The topological polar surface area (TPSA) is 49.4 Å². The van der Waals surface area contributed by atoms with Gasteiger partial charge in [-0.1, -0.05) is 50.8 Å². The third-order valence-electron chi connectivity index (χ3n) is 7.20. The summed E-state index contributed by atoms with van der Waals surface area (Å²) in [4.78, 5) is 29.2. The molecule has 146 valence electrons. The normalized spacial score (nSPS) is 25.6. The van der Waals surface area contributed by atoms with E-state index in [1.807, 2.05) is 24.3 Å². The van der Waals surface area contributed by atoms with Crippen molar-refractivity contribution < 1.29 is 9.59 Å². The summed E-state index contributed by atoms with van der Waals surface area (Å²) in [5.74, 6) is 0.00678. The van der Waals surface area contributed by atoms with Crippen LogP contribution in [0.25, 0.3) is 0 Å². The summed E-state index contributed by atoms with van der Waals surface area (Å²) >= 11 is 0. The Hall–Kier alpha value is -1.84. The molecule has 1 aliphatic heterocycles. The smallest absolute Gasteiger partial charge is 0.254 e. The van der Waals surface area contributed by atoms with Crippen LogP contribution in [-0.4, -0.2) is 34.3 Å². The number of nitrogens with one attached hydrogen (secondary N) is 1. The van der Waals surface area contributed by atoms with Crippen molar-refractivity contribution in [2.45, 2.75) is 95.2 Å². The van der Waals surface area contributed by atoms with Gasteiger partial charge in [0.15, 0.2) is 0 Å². The molecule has 0 bridgehead atoms. The predicted molar refractivity (Wildman–Crippen MR) is 107 cm³/mol. The van der Waals surface area contributed by atoms with Gasteiger partial charge in [0.05, 0.1) is 11.5 Å². The molecule has 4 rings (SSSR count). The van der Waals surface area contributed by atoms with Gasteiger partial charge in [-0.15, -0.1) is 0 Å². The molecule has 1 spiro atoms. The largest absolute Gasteiger partial charge is 0.353 e. The van der Waals surface area contributed by atoms with Gasteiger partial charge in [0, 0.05) is 17.6 Å². The molecule has 3 aliphatic rings. The molecule has 0 aromatic heterocycles. The van der Waals surface area contributed by atoms with Crippen LogP contribution in [0.3, 0.4) is 0 Å². The highest BCUT2D eigenvalue weighted by molar-refractivity contribution is 6.02. The number of fused-ring (bicyclic) bond motifs is 1. The summed E-state index contributed by atoms with van der Waals surface area (Å²) in [5.41, 5.74) is 1.31. The van der Waals surface area contributed by atoms with E-state index in [0.29, 0.717) is 6.04 Å². The zero-order valence-electron chi connectivity index (χ0n) is 16.7. The fraction of sp³-hybridized carbons (Fsp3) is 0.652. The zero-order valence-corrected chi connectivity index (χ0v) is 16.7. The van der Waals surface area contributed by atoms with Crippen LogP contribution in [0.2, 0.25) is 0 Å². The van der Waals surface area contributed by atoms with Crippen LogP contribution in [0, 0.1) is 0 Å². The Balaban J connectivity index is 1.80. The fourth-order valence-corrected chi connectivity index (χ4v) is 5.78. The van der Waals surface area contributed by atoms with Crippen molar-refractivity contribution in [2.24, 2.45) is 0 Å². The number of hydrogen-bond acceptors (Lipinski definition) is 2. The monoisotopic (exact) mass is 368 g/mol. The Labute approximate surface area is 162 Å². The molecule has 2 saturated carbocycles. The SMILES string of the molecule is CCC(C)N1C(=O)c2ccccc2C(C(=O)NC2CCCC2)C12CCCC2. The molecule has 4 nitrogen and oxygen atoms in total. The molecule has 1 heterocycles. The third-order valence-corrected chi connectivity index (χ3v) is 7.20. The van der Waals surface area contributed by atoms with Crippen molar-refractivity contribution in [2.75, 3.05) is 0 Å². The van der Waals surface area contributed by atoms with E-state index in [0.717, 1.165) is 56.1 Å². The van der Waals surface area contributed by atoms with E-state index in [9.17, 15) is 9.59 Å². The fourth-order valence-electron chi connectivity index (χ4n) is 5.78. The van der Waals surface area contributed by atoms with Gasteiger partial charge in [0.25, 0.3) is 5.91 Å². The maximum absolute atomic E-state index is 13.6. The van der Waals surface area contributed by atoms with Crippen LogP contribution in [0.15, 0.2) is 24.3 Å². The average Bonchev–Trinajstić information content (AvgIpc) is 3.34. The van der Waals surface area contributed by atoms with Crippen LogP contribution in [-0.2, 0) is 4.79 Å². The summed E-state index contributed by atoms with van der Waals surface area (Å²) in [6.07, 6.45) is 9.53. The van der Waals surface area contributed by atoms with Gasteiger partial charge in [-0.2, -0.15) is 0 Å². The summed E-state index contributed by atoms with van der Waals surface area (Å²) < 4.78 is 0. The summed E-state index contributed by atoms with van der Waals surface area (Å²) in [6, 6.07) is 8.27. The molecule has 27 heavy (non-hydrogen) atoms. The van der Waals surface area contributed by atoms with Gasteiger partial charge in [-0.25, -0.2) is 0 Å².